The summed E-state index contributed by atoms with van der Waals surface area (Å²) in [6, 6.07) is 0.528. The molecule has 1 aliphatic rings. The van der Waals surface area contributed by atoms with Gasteiger partial charge in [0.1, 0.15) is 6.42 Å². The quantitative estimate of drug-likeness (QED) is 0.482. The van der Waals surface area contributed by atoms with Gasteiger partial charge in [0, 0.05) is 6.04 Å². The van der Waals surface area contributed by atoms with Crippen LogP contribution in [0.15, 0.2) is 0 Å². The van der Waals surface area contributed by atoms with Crippen molar-refractivity contribution in [1.82, 2.24) is 4.90 Å². The average Bonchev–Trinajstić information content (AvgIpc) is 2.88. The van der Waals surface area contributed by atoms with Crippen molar-refractivity contribution >= 4 is 11.8 Å². The zero-order valence-electron chi connectivity index (χ0n) is 13.2. The number of esters is 1. The summed E-state index contributed by atoms with van der Waals surface area (Å²) >= 11 is 0. The topological polar surface area (TPSA) is 46.6 Å². The minimum atomic E-state index is -0.396. The van der Waals surface area contributed by atoms with Crippen LogP contribution < -0.4 is 0 Å². The van der Waals surface area contributed by atoms with E-state index in [-0.39, 0.29) is 12.2 Å². The Balaban J connectivity index is 2.45. The highest BCUT2D eigenvalue weighted by molar-refractivity contribution is 5.96. The smallest absolute Gasteiger partial charge is 0.313 e. The van der Waals surface area contributed by atoms with Gasteiger partial charge in [-0.05, 0) is 38.6 Å². The predicted molar refractivity (Wildman–Crippen MR) is 79.5 cm³/mol. The zero-order valence-corrected chi connectivity index (χ0v) is 13.2. The molecule has 0 N–H and O–H groups in total. The number of ketones is 1. The summed E-state index contributed by atoms with van der Waals surface area (Å²) in [4.78, 5) is 25.6. The largest absolute Gasteiger partial charge is 0.466 e. The summed E-state index contributed by atoms with van der Waals surface area (Å²) in [6.45, 7) is 7.86. The first-order valence-corrected chi connectivity index (χ1v) is 7.94. The van der Waals surface area contributed by atoms with Crippen LogP contribution in [-0.2, 0) is 14.3 Å². The van der Waals surface area contributed by atoms with E-state index in [1.807, 2.05) is 0 Å². The van der Waals surface area contributed by atoms with Crippen molar-refractivity contribution < 1.29 is 14.3 Å². The first kappa shape index (κ1) is 17.2. The maximum atomic E-state index is 12.0. The van der Waals surface area contributed by atoms with Crippen LogP contribution in [0, 0.1) is 5.92 Å². The van der Waals surface area contributed by atoms with Crippen LogP contribution in [0.1, 0.15) is 59.3 Å². The third-order valence-corrected chi connectivity index (χ3v) is 3.86. The van der Waals surface area contributed by atoms with Crippen LogP contribution in [-0.4, -0.2) is 42.4 Å². The second-order valence-electron chi connectivity index (χ2n) is 6.11. The SMILES string of the molecule is CCOC(=O)CC(=O)CN(CCC(C)C)C1CCCC1. The number of Topliss-reactive ketones (excluding diaryl/α,β-unsaturated/α-hetero) is 1. The molecule has 0 aromatic rings. The molecule has 0 heterocycles. The maximum Gasteiger partial charge on any atom is 0.313 e. The van der Waals surface area contributed by atoms with Gasteiger partial charge >= 0.3 is 5.97 Å². The Bertz CT molecular complexity index is 309. The van der Waals surface area contributed by atoms with Crippen molar-refractivity contribution in [2.45, 2.75) is 65.3 Å². The van der Waals surface area contributed by atoms with E-state index in [4.69, 9.17) is 4.74 Å². The van der Waals surface area contributed by atoms with E-state index in [0.717, 1.165) is 13.0 Å². The van der Waals surface area contributed by atoms with Crippen molar-refractivity contribution in [3.63, 3.8) is 0 Å². The number of carbonyl (C=O) groups excluding carboxylic acids is 2. The normalized spacial score (nSPS) is 16.1. The van der Waals surface area contributed by atoms with Crippen molar-refractivity contribution in [2.75, 3.05) is 19.7 Å². The number of carbonyl (C=O) groups is 2. The van der Waals surface area contributed by atoms with Gasteiger partial charge in [0.25, 0.3) is 0 Å². The first-order valence-electron chi connectivity index (χ1n) is 7.94. The minimum Gasteiger partial charge on any atom is -0.466 e. The van der Waals surface area contributed by atoms with Crippen LogP contribution in [0.5, 0.6) is 0 Å². The van der Waals surface area contributed by atoms with Gasteiger partial charge in [-0.3, -0.25) is 14.5 Å². The summed E-state index contributed by atoms with van der Waals surface area (Å²) in [5.41, 5.74) is 0. The van der Waals surface area contributed by atoms with Gasteiger partial charge in [0.2, 0.25) is 0 Å². The number of hydrogen-bond acceptors (Lipinski definition) is 4. The summed E-state index contributed by atoms with van der Waals surface area (Å²) in [7, 11) is 0. The standard InChI is InChI=1S/C16H29NO3/c1-4-20-16(19)11-15(18)12-17(10-9-13(2)3)14-7-5-6-8-14/h13-14H,4-12H2,1-3H3. The molecule has 116 valence electrons. The first-order chi connectivity index (χ1) is 9.52. The fourth-order valence-electron chi connectivity index (χ4n) is 2.74. The Morgan fingerprint density at radius 3 is 2.45 bits per heavy atom. The predicted octanol–water partition coefficient (Wildman–Crippen LogP) is 2.80. The Labute approximate surface area is 122 Å². The molecule has 1 saturated carbocycles. The molecule has 0 aliphatic heterocycles. The molecule has 20 heavy (non-hydrogen) atoms. The number of ether oxygens (including phenoxy) is 1. The molecule has 0 spiro atoms. The van der Waals surface area contributed by atoms with Crippen LogP contribution >= 0.6 is 0 Å². The third kappa shape index (κ3) is 6.51. The molecule has 0 bridgehead atoms. The summed E-state index contributed by atoms with van der Waals surface area (Å²) < 4.78 is 4.84. The third-order valence-electron chi connectivity index (χ3n) is 3.86. The molecule has 0 aromatic heterocycles. The average molecular weight is 283 g/mol. The van der Waals surface area contributed by atoms with Crippen LogP contribution in [0.4, 0.5) is 0 Å². The minimum absolute atomic E-state index is 0.0147. The lowest BCUT2D eigenvalue weighted by Gasteiger charge is -2.28. The molecule has 4 heteroatoms. The molecule has 1 rings (SSSR count). The van der Waals surface area contributed by atoms with E-state index in [2.05, 4.69) is 18.7 Å². The number of hydrogen-bond donors (Lipinski definition) is 0. The Morgan fingerprint density at radius 2 is 1.90 bits per heavy atom. The van der Waals surface area contributed by atoms with Gasteiger partial charge in [0.05, 0.1) is 13.2 Å². The van der Waals surface area contributed by atoms with E-state index in [1.54, 1.807) is 6.92 Å². The molecule has 0 unspecified atom stereocenters. The highest BCUT2D eigenvalue weighted by atomic mass is 16.5. The number of nitrogens with zero attached hydrogens (tertiary/aromatic N) is 1. The van der Waals surface area contributed by atoms with Gasteiger partial charge in [-0.25, -0.2) is 0 Å². The van der Waals surface area contributed by atoms with E-state index in [9.17, 15) is 9.59 Å². The fourth-order valence-corrected chi connectivity index (χ4v) is 2.74. The molecule has 1 fully saturated rings. The molecular formula is C16H29NO3. The van der Waals surface area contributed by atoms with Crippen molar-refractivity contribution in [3.05, 3.63) is 0 Å². The Morgan fingerprint density at radius 1 is 1.25 bits per heavy atom. The molecule has 0 amide bonds. The number of rotatable bonds is 9. The van der Waals surface area contributed by atoms with Gasteiger partial charge in [-0.2, -0.15) is 0 Å². The summed E-state index contributed by atoms with van der Waals surface area (Å²) in [5, 5.41) is 0. The molecule has 0 aromatic carbocycles. The lowest BCUT2D eigenvalue weighted by molar-refractivity contribution is -0.145. The molecule has 0 atom stereocenters. The second-order valence-corrected chi connectivity index (χ2v) is 6.11. The fraction of sp³-hybridized carbons (Fsp3) is 0.875. The molecule has 4 nitrogen and oxygen atoms in total. The highest BCUT2D eigenvalue weighted by Gasteiger charge is 2.25. The van der Waals surface area contributed by atoms with E-state index in [0.29, 0.717) is 25.1 Å². The lowest BCUT2D eigenvalue weighted by Crippen LogP contribution is -2.39. The molecule has 0 radical (unpaired) electrons. The highest BCUT2D eigenvalue weighted by Crippen LogP contribution is 2.24. The molecular weight excluding hydrogens is 254 g/mol. The van der Waals surface area contributed by atoms with Gasteiger partial charge < -0.3 is 4.74 Å². The van der Waals surface area contributed by atoms with E-state index in [1.165, 1.54) is 25.7 Å². The van der Waals surface area contributed by atoms with Crippen molar-refractivity contribution in [3.8, 4) is 0 Å². The lowest BCUT2D eigenvalue weighted by atomic mass is 10.1. The monoisotopic (exact) mass is 283 g/mol. The van der Waals surface area contributed by atoms with Crippen LogP contribution in [0.2, 0.25) is 0 Å². The van der Waals surface area contributed by atoms with Crippen molar-refractivity contribution in [2.24, 2.45) is 5.92 Å². The Hall–Kier alpha value is -0.900. The second kappa shape index (κ2) is 9.11. The maximum absolute atomic E-state index is 12.0. The summed E-state index contributed by atoms with van der Waals surface area (Å²) in [5.74, 6) is 0.228. The van der Waals surface area contributed by atoms with Gasteiger partial charge in [0.15, 0.2) is 5.78 Å². The van der Waals surface area contributed by atoms with Gasteiger partial charge in [-0.1, -0.05) is 26.7 Å². The van der Waals surface area contributed by atoms with Gasteiger partial charge in [-0.15, -0.1) is 0 Å². The molecule has 0 saturated heterocycles. The van der Waals surface area contributed by atoms with E-state index >= 15 is 0 Å². The summed E-state index contributed by atoms with van der Waals surface area (Å²) in [6.07, 6.45) is 5.90. The van der Waals surface area contributed by atoms with Crippen LogP contribution in [0.25, 0.3) is 0 Å². The molecule has 1 aliphatic carbocycles. The zero-order chi connectivity index (χ0) is 15.0. The van der Waals surface area contributed by atoms with E-state index < -0.39 is 5.97 Å². The van der Waals surface area contributed by atoms with Crippen LogP contribution in [0.3, 0.4) is 0 Å². The Kier molecular flexibility index (Phi) is 7.82. The van der Waals surface area contributed by atoms with Crippen molar-refractivity contribution in [1.29, 1.82) is 0 Å².